The SMILES string of the molecule is CC(CCCO)NC(=O)CN1C(=O)CN(C)C1=O. The Morgan fingerprint density at radius 1 is 1.50 bits per heavy atom. The van der Waals surface area contributed by atoms with Gasteiger partial charge in [-0.15, -0.1) is 0 Å². The number of nitrogens with one attached hydrogen (secondary N) is 1. The molecule has 4 amide bonds. The number of rotatable bonds is 6. The van der Waals surface area contributed by atoms with Crippen LogP contribution >= 0.6 is 0 Å². The first-order valence-corrected chi connectivity index (χ1v) is 5.91. The Morgan fingerprint density at radius 3 is 2.67 bits per heavy atom. The van der Waals surface area contributed by atoms with E-state index in [1.54, 1.807) is 0 Å². The number of urea groups is 1. The molecule has 1 atom stereocenters. The van der Waals surface area contributed by atoms with Crippen molar-refractivity contribution in [1.82, 2.24) is 15.1 Å². The Kier molecular flexibility index (Phi) is 5.08. The number of hydrogen-bond acceptors (Lipinski definition) is 4. The molecule has 1 heterocycles. The van der Waals surface area contributed by atoms with Crippen molar-refractivity contribution >= 4 is 17.8 Å². The quantitative estimate of drug-likeness (QED) is 0.607. The monoisotopic (exact) mass is 257 g/mol. The van der Waals surface area contributed by atoms with Crippen LogP contribution in [0.1, 0.15) is 19.8 Å². The summed E-state index contributed by atoms with van der Waals surface area (Å²) in [4.78, 5) is 36.8. The zero-order valence-corrected chi connectivity index (χ0v) is 10.7. The first-order chi connectivity index (χ1) is 8.45. The molecule has 102 valence electrons. The van der Waals surface area contributed by atoms with Crippen LogP contribution in [0.25, 0.3) is 0 Å². The smallest absolute Gasteiger partial charge is 0.327 e. The second-order valence-corrected chi connectivity index (χ2v) is 4.45. The molecule has 7 nitrogen and oxygen atoms in total. The van der Waals surface area contributed by atoms with Gasteiger partial charge < -0.3 is 15.3 Å². The fourth-order valence-electron chi connectivity index (χ4n) is 1.76. The topological polar surface area (TPSA) is 89.9 Å². The van der Waals surface area contributed by atoms with Gasteiger partial charge in [0.25, 0.3) is 5.91 Å². The van der Waals surface area contributed by atoms with E-state index in [0.717, 1.165) is 4.90 Å². The molecule has 0 aromatic carbocycles. The molecule has 0 spiro atoms. The van der Waals surface area contributed by atoms with Crippen LogP contribution in [-0.4, -0.2) is 65.5 Å². The zero-order valence-electron chi connectivity index (χ0n) is 10.7. The van der Waals surface area contributed by atoms with E-state index in [2.05, 4.69) is 5.32 Å². The molecule has 1 rings (SSSR count). The lowest BCUT2D eigenvalue weighted by atomic mass is 10.2. The summed E-state index contributed by atoms with van der Waals surface area (Å²) in [6.07, 6.45) is 1.26. The maximum absolute atomic E-state index is 11.6. The van der Waals surface area contributed by atoms with E-state index in [0.29, 0.717) is 12.8 Å². The van der Waals surface area contributed by atoms with Gasteiger partial charge in [-0.25, -0.2) is 4.79 Å². The highest BCUT2D eigenvalue weighted by molar-refractivity contribution is 6.04. The molecule has 0 saturated carbocycles. The predicted octanol–water partition coefficient (Wildman–Crippen LogP) is -0.842. The van der Waals surface area contributed by atoms with Gasteiger partial charge >= 0.3 is 6.03 Å². The lowest BCUT2D eigenvalue weighted by Crippen LogP contribution is -2.43. The van der Waals surface area contributed by atoms with Gasteiger partial charge in [-0.05, 0) is 19.8 Å². The maximum atomic E-state index is 11.6. The average molecular weight is 257 g/mol. The van der Waals surface area contributed by atoms with E-state index in [1.807, 2.05) is 6.92 Å². The van der Waals surface area contributed by atoms with Crippen molar-refractivity contribution in [3.05, 3.63) is 0 Å². The normalized spacial score (nSPS) is 17.3. The predicted molar refractivity (Wildman–Crippen MR) is 63.7 cm³/mol. The number of amides is 4. The largest absolute Gasteiger partial charge is 0.396 e. The van der Waals surface area contributed by atoms with Gasteiger partial charge in [0.15, 0.2) is 0 Å². The van der Waals surface area contributed by atoms with Crippen LogP contribution in [0.4, 0.5) is 4.79 Å². The lowest BCUT2D eigenvalue weighted by Gasteiger charge is -2.17. The molecule has 0 aromatic rings. The van der Waals surface area contributed by atoms with Crippen LogP contribution in [0.2, 0.25) is 0 Å². The molecule has 0 bridgehead atoms. The Bertz CT molecular complexity index is 345. The number of imide groups is 1. The minimum Gasteiger partial charge on any atom is -0.396 e. The number of hydrogen-bond donors (Lipinski definition) is 2. The highest BCUT2D eigenvalue weighted by Gasteiger charge is 2.34. The summed E-state index contributed by atoms with van der Waals surface area (Å²) in [5.41, 5.74) is 0. The highest BCUT2D eigenvalue weighted by atomic mass is 16.3. The minimum atomic E-state index is -0.446. The van der Waals surface area contributed by atoms with Crippen molar-refractivity contribution in [2.24, 2.45) is 0 Å². The van der Waals surface area contributed by atoms with E-state index < -0.39 is 6.03 Å². The van der Waals surface area contributed by atoms with Crippen molar-refractivity contribution in [2.75, 3.05) is 26.7 Å². The molecule has 0 aliphatic carbocycles. The fraction of sp³-hybridized carbons (Fsp3) is 0.727. The molecule has 1 unspecified atom stereocenters. The van der Waals surface area contributed by atoms with Crippen molar-refractivity contribution in [3.63, 3.8) is 0 Å². The molecule has 1 aliphatic heterocycles. The molecular formula is C11H19N3O4. The highest BCUT2D eigenvalue weighted by Crippen LogP contribution is 2.07. The Morgan fingerprint density at radius 2 is 2.17 bits per heavy atom. The number of aliphatic hydroxyl groups excluding tert-OH is 1. The van der Waals surface area contributed by atoms with Gasteiger partial charge in [0, 0.05) is 19.7 Å². The van der Waals surface area contributed by atoms with Crippen LogP contribution in [0.5, 0.6) is 0 Å². The van der Waals surface area contributed by atoms with Crippen LogP contribution < -0.4 is 5.32 Å². The average Bonchev–Trinajstić information content (AvgIpc) is 2.53. The summed E-state index contributed by atoms with van der Waals surface area (Å²) < 4.78 is 0. The minimum absolute atomic E-state index is 0.0200. The Hall–Kier alpha value is -1.63. The van der Waals surface area contributed by atoms with Gasteiger partial charge in [0.1, 0.15) is 13.1 Å². The Balaban J connectivity index is 2.40. The summed E-state index contributed by atoms with van der Waals surface area (Å²) in [5, 5.41) is 11.3. The number of carbonyl (C=O) groups excluding carboxylic acids is 3. The fourth-order valence-corrected chi connectivity index (χ4v) is 1.76. The zero-order chi connectivity index (χ0) is 13.7. The summed E-state index contributed by atoms with van der Waals surface area (Å²) in [6.45, 7) is 1.67. The summed E-state index contributed by atoms with van der Waals surface area (Å²) in [7, 11) is 1.52. The molecule has 1 fully saturated rings. The van der Waals surface area contributed by atoms with Gasteiger partial charge in [0.05, 0.1) is 0 Å². The van der Waals surface area contributed by atoms with E-state index in [9.17, 15) is 14.4 Å². The van der Waals surface area contributed by atoms with Crippen LogP contribution in [0.15, 0.2) is 0 Å². The van der Waals surface area contributed by atoms with E-state index in [1.165, 1.54) is 11.9 Å². The number of nitrogens with zero attached hydrogens (tertiary/aromatic N) is 2. The molecule has 7 heteroatoms. The van der Waals surface area contributed by atoms with Gasteiger partial charge in [-0.2, -0.15) is 0 Å². The third-order valence-electron chi connectivity index (χ3n) is 2.74. The summed E-state index contributed by atoms with van der Waals surface area (Å²) >= 11 is 0. The van der Waals surface area contributed by atoms with E-state index in [4.69, 9.17) is 5.11 Å². The second kappa shape index (κ2) is 6.34. The second-order valence-electron chi connectivity index (χ2n) is 4.45. The molecule has 0 radical (unpaired) electrons. The number of aliphatic hydroxyl groups is 1. The molecule has 2 N–H and O–H groups in total. The van der Waals surface area contributed by atoms with Crippen molar-refractivity contribution in [2.45, 2.75) is 25.8 Å². The Labute approximate surface area is 106 Å². The third-order valence-corrected chi connectivity index (χ3v) is 2.74. The number of carbonyl (C=O) groups is 3. The number of likely N-dealkylation sites (N-methyl/N-ethyl adjacent to an activating group) is 1. The van der Waals surface area contributed by atoms with Crippen molar-refractivity contribution in [1.29, 1.82) is 0 Å². The summed E-state index contributed by atoms with van der Waals surface area (Å²) in [6, 6.07) is -0.534. The maximum Gasteiger partial charge on any atom is 0.327 e. The van der Waals surface area contributed by atoms with Crippen molar-refractivity contribution < 1.29 is 19.5 Å². The molecule has 1 aliphatic rings. The van der Waals surface area contributed by atoms with Crippen LogP contribution in [0.3, 0.4) is 0 Å². The first-order valence-electron chi connectivity index (χ1n) is 5.91. The standard InChI is InChI=1S/C11H19N3O4/c1-8(4-3-5-15)12-9(16)6-14-10(17)7-13(2)11(14)18/h8,15H,3-7H2,1-2H3,(H,12,16). The van der Waals surface area contributed by atoms with Gasteiger partial charge in [-0.1, -0.05) is 0 Å². The molecule has 0 aromatic heterocycles. The van der Waals surface area contributed by atoms with Crippen LogP contribution in [-0.2, 0) is 9.59 Å². The molecule has 18 heavy (non-hydrogen) atoms. The van der Waals surface area contributed by atoms with E-state index >= 15 is 0 Å². The van der Waals surface area contributed by atoms with Crippen LogP contribution in [0, 0.1) is 0 Å². The molecular weight excluding hydrogens is 238 g/mol. The van der Waals surface area contributed by atoms with E-state index in [-0.39, 0.29) is 37.6 Å². The lowest BCUT2D eigenvalue weighted by molar-refractivity contribution is -0.131. The van der Waals surface area contributed by atoms with Gasteiger partial charge in [0.2, 0.25) is 5.91 Å². The molecule has 1 saturated heterocycles. The summed E-state index contributed by atoms with van der Waals surface area (Å²) in [5.74, 6) is -0.724. The van der Waals surface area contributed by atoms with Crippen molar-refractivity contribution in [3.8, 4) is 0 Å². The third kappa shape index (κ3) is 3.69. The van der Waals surface area contributed by atoms with Gasteiger partial charge in [-0.3, -0.25) is 14.5 Å². The first kappa shape index (κ1) is 14.4.